The molecule has 0 aromatic heterocycles. The maximum absolute atomic E-state index is 13.5. The van der Waals surface area contributed by atoms with Gasteiger partial charge >= 0.3 is 6.61 Å². The van der Waals surface area contributed by atoms with Gasteiger partial charge in [0.05, 0.1) is 17.9 Å². The molecule has 1 aromatic rings. The number of carbonyl (C=O) groups excluding carboxylic acids is 1. The Kier molecular flexibility index (Phi) is 4.44. The molecule has 0 atom stereocenters. The number of hydrogen-bond acceptors (Lipinski definition) is 4. The molecule has 0 spiro atoms. The lowest BCUT2D eigenvalue weighted by Crippen LogP contribution is -2.34. The molecule has 1 fully saturated rings. The van der Waals surface area contributed by atoms with Crippen molar-refractivity contribution >= 4 is 17.3 Å². The van der Waals surface area contributed by atoms with Crippen LogP contribution in [0.15, 0.2) is 12.1 Å². The largest absolute Gasteiger partial charge is 0.432 e. The molecular formula is C13H16F3N3O2. The van der Waals surface area contributed by atoms with Crippen LogP contribution in [0.25, 0.3) is 0 Å². The number of likely N-dealkylation sites (N-methyl/N-ethyl adjacent to an activating group) is 1. The van der Waals surface area contributed by atoms with Gasteiger partial charge in [-0.25, -0.2) is 4.39 Å². The highest BCUT2D eigenvalue weighted by Gasteiger charge is 2.22. The quantitative estimate of drug-likeness (QED) is 0.863. The SMILES string of the molecule is CN1CCCN(c2cc(OC(F)F)c(F)cc2N)CC1=O. The maximum atomic E-state index is 13.5. The zero-order valence-electron chi connectivity index (χ0n) is 11.5. The third-order valence-electron chi connectivity index (χ3n) is 3.31. The summed E-state index contributed by atoms with van der Waals surface area (Å²) < 4.78 is 42.2. The number of nitrogen functional groups attached to an aromatic ring is 1. The highest BCUT2D eigenvalue weighted by molar-refractivity contribution is 5.83. The highest BCUT2D eigenvalue weighted by Crippen LogP contribution is 2.32. The standard InChI is InChI=1S/C13H16F3N3O2/c1-18-3-2-4-19(7-12(18)20)10-6-11(21-13(15)16)8(14)5-9(10)17/h5-6,13H,2-4,7,17H2,1H3. The van der Waals surface area contributed by atoms with E-state index < -0.39 is 18.2 Å². The Bertz CT molecular complexity index is 540. The fourth-order valence-electron chi connectivity index (χ4n) is 2.21. The molecule has 5 nitrogen and oxygen atoms in total. The number of amides is 1. The van der Waals surface area contributed by atoms with E-state index in [-0.39, 0.29) is 18.1 Å². The first-order valence-corrected chi connectivity index (χ1v) is 6.41. The lowest BCUT2D eigenvalue weighted by atomic mass is 10.2. The van der Waals surface area contributed by atoms with E-state index >= 15 is 0 Å². The van der Waals surface area contributed by atoms with E-state index in [1.807, 2.05) is 0 Å². The highest BCUT2D eigenvalue weighted by atomic mass is 19.3. The average molecular weight is 303 g/mol. The Morgan fingerprint density at radius 1 is 1.33 bits per heavy atom. The molecule has 1 aromatic carbocycles. The third-order valence-corrected chi connectivity index (χ3v) is 3.31. The number of carbonyl (C=O) groups is 1. The zero-order valence-corrected chi connectivity index (χ0v) is 11.5. The number of benzene rings is 1. The lowest BCUT2D eigenvalue weighted by molar-refractivity contribution is -0.127. The zero-order chi connectivity index (χ0) is 15.6. The van der Waals surface area contributed by atoms with Crippen LogP contribution >= 0.6 is 0 Å². The molecule has 0 saturated carbocycles. The Hall–Kier alpha value is -2.12. The first-order chi connectivity index (χ1) is 9.88. The summed E-state index contributed by atoms with van der Waals surface area (Å²) in [4.78, 5) is 15.1. The Morgan fingerprint density at radius 3 is 2.71 bits per heavy atom. The summed E-state index contributed by atoms with van der Waals surface area (Å²) in [5.41, 5.74) is 6.12. The smallest absolute Gasteiger partial charge is 0.387 e. The van der Waals surface area contributed by atoms with Gasteiger partial charge < -0.3 is 20.3 Å². The van der Waals surface area contributed by atoms with Crippen molar-refractivity contribution < 1.29 is 22.7 Å². The van der Waals surface area contributed by atoms with Crippen LogP contribution in [-0.2, 0) is 4.79 Å². The van der Waals surface area contributed by atoms with Crippen LogP contribution in [0.2, 0.25) is 0 Å². The van der Waals surface area contributed by atoms with Crippen LogP contribution in [-0.4, -0.2) is 44.1 Å². The van der Waals surface area contributed by atoms with E-state index in [9.17, 15) is 18.0 Å². The second kappa shape index (κ2) is 6.11. The van der Waals surface area contributed by atoms with Crippen LogP contribution in [0.4, 0.5) is 24.5 Å². The van der Waals surface area contributed by atoms with Crippen molar-refractivity contribution in [2.45, 2.75) is 13.0 Å². The second-order valence-corrected chi connectivity index (χ2v) is 4.81. The van der Waals surface area contributed by atoms with Crippen LogP contribution in [0, 0.1) is 5.82 Å². The van der Waals surface area contributed by atoms with Gasteiger partial charge in [0.1, 0.15) is 0 Å². The van der Waals surface area contributed by atoms with Gasteiger partial charge in [-0.05, 0) is 6.42 Å². The summed E-state index contributed by atoms with van der Waals surface area (Å²) in [5, 5.41) is 0. The van der Waals surface area contributed by atoms with Gasteiger partial charge in [0, 0.05) is 32.3 Å². The minimum atomic E-state index is -3.13. The molecule has 116 valence electrons. The van der Waals surface area contributed by atoms with Crippen molar-refractivity contribution in [3.05, 3.63) is 17.9 Å². The van der Waals surface area contributed by atoms with Crippen molar-refractivity contribution in [3.63, 3.8) is 0 Å². The molecule has 0 aliphatic carbocycles. The van der Waals surface area contributed by atoms with Crippen LogP contribution in [0.5, 0.6) is 5.75 Å². The van der Waals surface area contributed by atoms with Crippen molar-refractivity contribution in [3.8, 4) is 5.75 Å². The predicted octanol–water partition coefficient (Wildman–Crippen LogP) is 1.68. The van der Waals surface area contributed by atoms with Crippen molar-refractivity contribution in [2.24, 2.45) is 0 Å². The summed E-state index contributed by atoms with van der Waals surface area (Å²) in [6.07, 6.45) is 0.699. The summed E-state index contributed by atoms with van der Waals surface area (Å²) in [5.74, 6) is -1.67. The van der Waals surface area contributed by atoms with E-state index in [1.165, 1.54) is 0 Å². The van der Waals surface area contributed by atoms with Gasteiger partial charge in [-0.15, -0.1) is 0 Å². The molecule has 0 bridgehead atoms. The number of ether oxygens (including phenoxy) is 1. The molecule has 0 unspecified atom stereocenters. The normalized spacial score (nSPS) is 16.3. The summed E-state index contributed by atoms with van der Waals surface area (Å²) in [6, 6.07) is 2.03. The number of halogens is 3. The molecule has 1 aliphatic heterocycles. The molecule has 8 heteroatoms. The molecule has 0 radical (unpaired) electrons. The predicted molar refractivity (Wildman–Crippen MR) is 71.9 cm³/mol. The Morgan fingerprint density at radius 2 is 2.05 bits per heavy atom. The fraction of sp³-hybridized carbons (Fsp3) is 0.462. The van der Waals surface area contributed by atoms with Gasteiger partial charge in [0.25, 0.3) is 0 Å². The molecular weight excluding hydrogens is 287 g/mol. The third kappa shape index (κ3) is 3.50. The second-order valence-electron chi connectivity index (χ2n) is 4.81. The van der Waals surface area contributed by atoms with Gasteiger partial charge in [0.15, 0.2) is 11.6 Å². The summed E-state index contributed by atoms with van der Waals surface area (Å²) >= 11 is 0. The number of rotatable bonds is 3. The number of hydrogen-bond donors (Lipinski definition) is 1. The Labute approximate surface area is 120 Å². The Balaban J connectivity index is 2.31. The molecule has 1 aliphatic rings. The van der Waals surface area contributed by atoms with E-state index in [4.69, 9.17) is 5.73 Å². The van der Waals surface area contributed by atoms with Crippen molar-refractivity contribution in [1.29, 1.82) is 0 Å². The fourth-order valence-corrected chi connectivity index (χ4v) is 2.21. The molecule has 1 saturated heterocycles. The molecule has 2 N–H and O–H groups in total. The monoisotopic (exact) mass is 303 g/mol. The first-order valence-electron chi connectivity index (χ1n) is 6.41. The number of nitrogens with zero attached hydrogens (tertiary/aromatic N) is 2. The van der Waals surface area contributed by atoms with Crippen molar-refractivity contribution in [2.75, 3.05) is 37.3 Å². The van der Waals surface area contributed by atoms with E-state index in [2.05, 4.69) is 4.74 Å². The topological polar surface area (TPSA) is 58.8 Å². The minimum Gasteiger partial charge on any atom is -0.432 e. The van der Waals surface area contributed by atoms with Crippen LogP contribution < -0.4 is 15.4 Å². The number of alkyl halides is 2. The van der Waals surface area contributed by atoms with Crippen molar-refractivity contribution in [1.82, 2.24) is 4.90 Å². The van der Waals surface area contributed by atoms with E-state index in [0.717, 1.165) is 12.1 Å². The minimum absolute atomic E-state index is 0.0560. The average Bonchev–Trinajstić information content (AvgIpc) is 2.55. The lowest BCUT2D eigenvalue weighted by Gasteiger charge is -2.24. The van der Waals surface area contributed by atoms with Gasteiger partial charge in [-0.3, -0.25) is 4.79 Å². The maximum Gasteiger partial charge on any atom is 0.387 e. The molecule has 21 heavy (non-hydrogen) atoms. The molecule has 1 heterocycles. The van der Waals surface area contributed by atoms with Gasteiger partial charge in [-0.2, -0.15) is 8.78 Å². The molecule has 1 amide bonds. The number of nitrogens with two attached hydrogens (primary N) is 1. The van der Waals surface area contributed by atoms with E-state index in [0.29, 0.717) is 25.2 Å². The first kappa shape index (κ1) is 15.3. The van der Waals surface area contributed by atoms with E-state index in [1.54, 1.807) is 16.8 Å². The van der Waals surface area contributed by atoms with Gasteiger partial charge in [0.2, 0.25) is 5.91 Å². The molecule has 2 rings (SSSR count). The van der Waals surface area contributed by atoms with Crippen LogP contribution in [0.1, 0.15) is 6.42 Å². The van der Waals surface area contributed by atoms with Crippen LogP contribution in [0.3, 0.4) is 0 Å². The van der Waals surface area contributed by atoms with Gasteiger partial charge in [-0.1, -0.05) is 0 Å². The summed E-state index contributed by atoms with van der Waals surface area (Å²) in [7, 11) is 1.69. The number of anilines is 2. The summed E-state index contributed by atoms with van der Waals surface area (Å²) in [6.45, 7) is -1.97.